The molecule has 9 heteroatoms. The second-order valence-electron chi connectivity index (χ2n) is 5.99. The maximum atomic E-state index is 14.5. The van der Waals surface area contributed by atoms with E-state index in [-0.39, 0.29) is 25.2 Å². The molecule has 0 fully saturated rings. The number of rotatable bonds is 3. The number of hydrogen-bond acceptors (Lipinski definition) is 3. The van der Waals surface area contributed by atoms with Crippen LogP contribution in [0.3, 0.4) is 0 Å². The summed E-state index contributed by atoms with van der Waals surface area (Å²) in [5, 5.41) is 2.24. The van der Waals surface area contributed by atoms with E-state index in [0.717, 1.165) is 6.20 Å². The monoisotopic (exact) mass is 380 g/mol. The summed E-state index contributed by atoms with van der Waals surface area (Å²) in [5.74, 6) is -3.97. The summed E-state index contributed by atoms with van der Waals surface area (Å²) in [7, 11) is 1.46. The molecule has 0 aliphatic carbocycles. The van der Waals surface area contributed by atoms with E-state index >= 15 is 0 Å². The van der Waals surface area contributed by atoms with Crippen molar-refractivity contribution >= 4 is 28.7 Å². The summed E-state index contributed by atoms with van der Waals surface area (Å²) >= 11 is 0. The smallest absolute Gasteiger partial charge is 0.318 e. The fourth-order valence-corrected chi connectivity index (χ4v) is 2.66. The zero-order valence-corrected chi connectivity index (χ0v) is 14.7. The zero-order valence-electron chi connectivity index (χ0n) is 14.7. The van der Waals surface area contributed by atoms with Gasteiger partial charge in [-0.2, -0.15) is 0 Å². The average Bonchev–Trinajstić information content (AvgIpc) is 2.92. The molecular weight excluding hydrogens is 361 g/mol. The van der Waals surface area contributed by atoms with Crippen LogP contribution in [-0.2, 0) is 11.8 Å². The molecule has 144 valence electrons. The quantitative estimate of drug-likeness (QED) is 0.682. The second kappa shape index (κ2) is 6.75. The molecule has 2 aromatic heterocycles. The summed E-state index contributed by atoms with van der Waals surface area (Å²) in [4.78, 5) is 29.8. The highest BCUT2D eigenvalue weighted by Crippen LogP contribution is 2.23. The van der Waals surface area contributed by atoms with E-state index in [1.807, 2.05) is 0 Å². The Morgan fingerprint density at radius 2 is 2.04 bits per heavy atom. The van der Waals surface area contributed by atoms with E-state index in [4.69, 9.17) is 0 Å². The lowest BCUT2D eigenvalue weighted by molar-refractivity contribution is -0.114. The van der Waals surface area contributed by atoms with Crippen LogP contribution < -0.4 is 11.0 Å². The van der Waals surface area contributed by atoms with Gasteiger partial charge in [0.1, 0.15) is 11.3 Å². The van der Waals surface area contributed by atoms with E-state index in [1.165, 1.54) is 37.6 Å². The van der Waals surface area contributed by atoms with Crippen molar-refractivity contribution in [3.05, 3.63) is 63.1 Å². The Morgan fingerprint density at radius 3 is 2.74 bits per heavy atom. The number of carbonyl (C=O) groups excluding carboxylic acids is 1. The summed E-state index contributed by atoms with van der Waals surface area (Å²) in [5.41, 5.74) is -0.0628. The van der Waals surface area contributed by atoms with Crippen molar-refractivity contribution in [2.45, 2.75) is 13.8 Å². The van der Waals surface area contributed by atoms with Crippen LogP contribution in [-0.4, -0.2) is 20.4 Å². The number of anilines is 1. The third kappa shape index (κ3) is 3.23. The lowest BCUT2D eigenvalue weighted by Crippen LogP contribution is -2.15. The maximum Gasteiger partial charge on any atom is 0.326 e. The number of benzene rings is 1. The Balaban J connectivity index is 0.00000210. The molecule has 0 aliphatic rings. The van der Waals surface area contributed by atoms with Crippen molar-refractivity contribution in [2.24, 2.45) is 7.05 Å². The molecule has 0 bridgehead atoms. The summed E-state index contributed by atoms with van der Waals surface area (Å²) in [6.07, 6.45) is 1.70. The number of halogens is 3. The molecule has 0 radical (unpaired) electrons. The number of fused-ring (bicyclic) bond motifs is 1. The Morgan fingerprint density at radius 1 is 1.33 bits per heavy atom. The fourth-order valence-electron chi connectivity index (χ4n) is 2.66. The van der Waals surface area contributed by atoms with Crippen molar-refractivity contribution in [1.29, 1.82) is 0 Å². The maximum absolute atomic E-state index is 14.5. The van der Waals surface area contributed by atoms with E-state index in [2.05, 4.69) is 15.3 Å². The molecule has 3 rings (SSSR count). The number of aromatic nitrogens is 3. The second-order valence-corrected chi connectivity index (χ2v) is 5.99. The molecule has 0 atom stereocenters. The number of imidazole rings is 1. The number of hydrogen-bond donors (Lipinski definition) is 2. The standard InChI is InChI=1S/C18H15F3N4O2.2H2/c1-8-12(20)7-22-9(2)15(8)23-17(26)11(19)6-10-4-5-13-16(14(10)21)24-18(27)25(13)3;;/h4-7H,1-3H3,(H,23,26)(H,24,27);2*1H/b11-6-;;. The molecule has 0 aliphatic heterocycles. The summed E-state index contributed by atoms with van der Waals surface area (Å²) in [6.45, 7) is 2.95. The number of aromatic amines is 1. The van der Waals surface area contributed by atoms with E-state index in [9.17, 15) is 22.8 Å². The Bertz CT molecular complexity index is 1170. The molecule has 2 heterocycles. The largest absolute Gasteiger partial charge is 0.326 e. The predicted molar refractivity (Wildman–Crippen MR) is 99.1 cm³/mol. The third-order valence-corrected chi connectivity index (χ3v) is 4.25. The Labute approximate surface area is 154 Å². The van der Waals surface area contributed by atoms with Gasteiger partial charge in [-0.05, 0) is 32.1 Å². The van der Waals surface area contributed by atoms with Gasteiger partial charge < -0.3 is 10.3 Å². The van der Waals surface area contributed by atoms with Gasteiger partial charge in [-0.15, -0.1) is 0 Å². The molecule has 0 saturated heterocycles. The van der Waals surface area contributed by atoms with Gasteiger partial charge in [0, 0.05) is 21.0 Å². The predicted octanol–water partition coefficient (Wildman–Crippen LogP) is 3.60. The minimum Gasteiger partial charge on any atom is -0.318 e. The SMILES string of the molecule is Cc1ncc(F)c(C)c1NC(=O)/C(F)=C/c1ccc2c([nH]c(=O)n2C)c1F.[HH].[HH]. The number of nitrogens with zero attached hydrogens (tertiary/aromatic N) is 2. The number of amides is 1. The Kier molecular flexibility index (Phi) is 4.61. The molecule has 0 saturated carbocycles. The average molecular weight is 380 g/mol. The van der Waals surface area contributed by atoms with Crippen LogP contribution in [0.1, 0.15) is 19.7 Å². The first-order chi connectivity index (χ1) is 12.7. The van der Waals surface area contributed by atoms with Crippen LogP contribution in [0.2, 0.25) is 0 Å². The summed E-state index contributed by atoms with van der Waals surface area (Å²) in [6, 6.07) is 2.68. The highest BCUT2D eigenvalue weighted by Gasteiger charge is 2.17. The first kappa shape index (κ1) is 18.4. The lowest BCUT2D eigenvalue weighted by Gasteiger charge is -2.10. The molecule has 0 spiro atoms. The number of carbonyl (C=O) groups is 1. The van der Waals surface area contributed by atoms with Crippen LogP contribution >= 0.6 is 0 Å². The third-order valence-electron chi connectivity index (χ3n) is 4.25. The van der Waals surface area contributed by atoms with Gasteiger partial charge in [0.15, 0.2) is 11.6 Å². The molecule has 0 unspecified atom stereocenters. The van der Waals surface area contributed by atoms with Crippen LogP contribution in [0.25, 0.3) is 17.1 Å². The molecule has 3 aromatic rings. The highest BCUT2D eigenvalue weighted by atomic mass is 19.1. The normalized spacial score (nSPS) is 11.9. The minimum atomic E-state index is -1.28. The number of H-pyrrole nitrogens is 1. The lowest BCUT2D eigenvalue weighted by atomic mass is 10.1. The first-order valence-corrected chi connectivity index (χ1v) is 7.88. The fraction of sp³-hybridized carbons (Fsp3) is 0.167. The van der Waals surface area contributed by atoms with Crippen molar-refractivity contribution in [1.82, 2.24) is 14.5 Å². The van der Waals surface area contributed by atoms with Crippen LogP contribution in [0.4, 0.5) is 18.9 Å². The van der Waals surface area contributed by atoms with E-state index < -0.39 is 29.1 Å². The molecule has 2 N–H and O–H groups in total. The highest BCUT2D eigenvalue weighted by molar-refractivity contribution is 6.05. The minimum absolute atomic E-state index is 0. The van der Waals surface area contributed by atoms with Gasteiger partial charge in [0.25, 0.3) is 5.91 Å². The van der Waals surface area contributed by atoms with Crippen molar-refractivity contribution in [3.8, 4) is 0 Å². The zero-order chi connectivity index (χ0) is 19.9. The molecular formula is C18H19F3N4O2. The van der Waals surface area contributed by atoms with Gasteiger partial charge in [-0.1, -0.05) is 0 Å². The summed E-state index contributed by atoms with van der Waals surface area (Å²) < 4.78 is 43.6. The van der Waals surface area contributed by atoms with Gasteiger partial charge in [0.05, 0.1) is 23.1 Å². The van der Waals surface area contributed by atoms with E-state index in [0.29, 0.717) is 17.3 Å². The van der Waals surface area contributed by atoms with Gasteiger partial charge in [0.2, 0.25) is 0 Å². The van der Waals surface area contributed by atoms with Gasteiger partial charge >= 0.3 is 5.69 Å². The van der Waals surface area contributed by atoms with Crippen molar-refractivity contribution < 1.29 is 20.8 Å². The first-order valence-electron chi connectivity index (χ1n) is 7.88. The molecule has 1 amide bonds. The van der Waals surface area contributed by atoms with Crippen LogP contribution in [0.15, 0.2) is 29.0 Å². The topological polar surface area (TPSA) is 79.8 Å². The van der Waals surface area contributed by atoms with Crippen molar-refractivity contribution in [2.75, 3.05) is 5.32 Å². The van der Waals surface area contributed by atoms with Crippen LogP contribution in [0.5, 0.6) is 0 Å². The number of nitrogens with one attached hydrogen (secondary N) is 2. The van der Waals surface area contributed by atoms with Crippen molar-refractivity contribution in [3.63, 3.8) is 0 Å². The van der Waals surface area contributed by atoms with Gasteiger partial charge in [-0.3, -0.25) is 14.3 Å². The number of aryl methyl sites for hydroxylation is 2. The molecule has 6 nitrogen and oxygen atoms in total. The molecule has 1 aromatic carbocycles. The van der Waals surface area contributed by atoms with E-state index in [1.54, 1.807) is 0 Å². The Hall–Kier alpha value is -3.36. The molecule has 27 heavy (non-hydrogen) atoms. The van der Waals surface area contributed by atoms with Crippen LogP contribution in [0, 0.1) is 25.5 Å². The number of pyridine rings is 1. The van der Waals surface area contributed by atoms with Gasteiger partial charge in [-0.25, -0.2) is 18.0 Å².